The Morgan fingerprint density at radius 3 is 2.21 bits per heavy atom. The zero-order valence-corrected chi connectivity index (χ0v) is 16.2. The first-order valence-corrected chi connectivity index (χ1v) is 9.94. The van der Waals surface area contributed by atoms with E-state index in [-0.39, 0.29) is 18.3 Å². The molecule has 0 aliphatic carbocycles. The monoisotopic (exact) mass is 391 g/mol. The summed E-state index contributed by atoms with van der Waals surface area (Å²) in [6.45, 7) is -0.298. The first-order valence-electron chi connectivity index (χ1n) is 8.96. The summed E-state index contributed by atoms with van der Waals surface area (Å²) in [6, 6.07) is 27.3. The van der Waals surface area contributed by atoms with Crippen molar-refractivity contribution in [3.63, 3.8) is 0 Å². The van der Waals surface area contributed by atoms with E-state index in [1.165, 1.54) is 11.8 Å². The van der Waals surface area contributed by atoms with Crippen LogP contribution in [0.25, 0.3) is 0 Å². The fourth-order valence-electron chi connectivity index (χ4n) is 2.65. The zero-order chi connectivity index (χ0) is 19.6. The molecule has 0 aliphatic rings. The largest absolute Gasteiger partial charge is 0.455 e. The lowest BCUT2D eigenvalue weighted by Crippen LogP contribution is -2.22. The van der Waals surface area contributed by atoms with Crippen LogP contribution in [-0.2, 0) is 20.7 Å². The number of thioether (sulfide) groups is 1. The molecular weight excluding hydrogens is 370 g/mol. The van der Waals surface area contributed by atoms with Crippen molar-refractivity contribution >= 4 is 29.3 Å². The summed E-state index contributed by atoms with van der Waals surface area (Å²) in [5, 5.41) is 2.84. The molecule has 3 rings (SSSR count). The lowest BCUT2D eigenvalue weighted by atomic mass is 10.0. The van der Waals surface area contributed by atoms with Gasteiger partial charge in [-0.2, -0.15) is 0 Å². The van der Waals surface area contributed by atoms with Crippen molar-refractivity contribution in [2.75, 3.05) is 17.7 Å². The van der Waals surface area contributed by atoms with Gasteiger partial charge >= 0.3 is 5.97 Å². The fourth-order valence-corrected chi connectivity index (χ4v) is 3.36. The number of carbonyl (C=O) groups excluding carboxylic acids is 2. The number of rotatable bonds is 8. The lowest BCUT2D eigenvalue weighted by Gasteiger charge is -2.11. The number of esters is 1. The van der Waals surface area contributed by atoms with Crippen molar-refractivity contribution in [1.82, 2.24) is 0 Å². The van der Waals surface area contributed by atoms with Crippen LogP contribution in [0.2, 0.25) is 0 Å². The summed E-state index contributed by atoms with van der Waals surface area (Å²) >= 11 is 1.38. The lowest BCUT2D eigenvalue weighted by molar-refractivity contribution is -0.144. The molecule has 28 heavy (non-hydrogen) atoms. The Morgan fingerprint density at radius 1 is 0.821 bits per heavy atom. The molecule has 0 spiro atoms. The number of amides is 1. The Bertz CT molecular complexity index is 913. The highest BCUT2D eigenvalue weighted by molar-refractivity contribution is 8.00. The van der Waals surface area contributed by atoms with E-state index in [1.807, 2.05) is 84.9 Å². The minimum atomic E-state index is -0.415. The Kier molecular flexibility index (Phi) is 7.27. The average Bonchev–Trinajstić information content (AvgIpc) is 2.74. The van der Waals surface area contributed by atoms with Crippen LogP contribution >= 0.6 is 11.8 Å². The van der Waals surface area contributed by atoms with E-state index in [0.29, 0.717) is 6.42 Å². The fraction of sp³-hybridized carbons (Fsp3) is 0.130. The van der Waals surface area contributed by atoms with E-state index >= 15 is 0 Å². The van der Waals surface area contributed by atoms with E-state index in [0.717, 1.165) is 21.7 Å². The Hall–Kier alpha value is -3.05. The number of hydrogen-bond acceptors (Lipinski definition) is 4. The van der Waals surface area contributed by atoms with Gasteiger partial charge in [-0.1, -0.05) is 66.7 Å². The molecule has 1 N–H and O–H groups in total. The average molecular weight is 391 g/mol. The molecule has 0 heterocycles. The van der Waals surface area contributed by atoms with Gasteiger partial charge in [-0.05, 0) is 35.7 Å². The normalized spacial score (nSPS) is 10.3. The maximum atomic E-state index is 12.2. The van der Waals surface area contributed by atoms with Crippen LogP contribution in [0.15, 0.2) is 89.8 Å². The van der Waals surface area contributed by atoms with Gasteiger partial charge in [-0.3, -0.25) is 9.59 Å². The van der Waals surface area contributed by atoms with Gasteiger partial charge in [0.2, 0.25) is 0 Å². The third kappa shape index (κ3) is 6.28. The molecular formula is C23H21NO3S. The zero-order valence-electron chi connectivity index (χ0n) is 15.3. The molecule has 0 radical (unpaired) electrons. The predicted octanol–water partition coefficient (Wildman–Crippen LogP) is 4.55. The van der Waals surface area contributed by atoms with Crippen molar-refractivity contribution in [2.45, 2.75) is 11.3 Å². The number of hydrogen-bond donors (Lipinski definition) is 1. The second kappa shape index (κ2) is 10.3. The van der Waals surface area contributed by atoms with Crippen molar-refractivity contribution < 1.29 is 14.3 Å². The number of ether oxygens (including phenoxy) is 1. The minimum Gasteiger partial charge on any atom is -0.455 e. The van der Waals surface area contributed by atoms with Crippen molar-refractivity contribution in [3.8, 4) is 0 Å². The topological polar surface area (TPSA) is 55.4 Å². The van der Waals surface area contributed by atoms with Crippen LogP contribution in [0.1, 0.15) is 11.1 Å². The van der Waals surface area contributed by atoms with E-state index in [1.54, 1.807) is 0 Å². The van der Waals surface area contributed by atoms with Crippen LogP contribution in [0.4, 0.5) is 5.69 Å². The van der Waals surface area contributed by atoms with E-state index in [2.05, 4.69) is 5.32 Å². The van der Waals surface area contributed by atoms with Crippen LogP contribution in [0.3, 0.4) is 0 Å². The quantitative estimate of drug-likeness (QED) is 0.452. The third-order valence-corrected chi connectivity index (χ3v) is 4.98. The smallest absolute Gasteiger partial charge is 0.316 e. The van der Waals surface area contributed by atoms with Crippen molar-refractivity contribution in [2.24, 2.45) is 0 Å². The van der Waals surface area contributed by atoms with Crippen LogP contribution in [0.5, 0.6) is 0 Å². The first kappa shape index (κ1) is 19.7. The van der Waals surface area contributed by atoms with E-state index in [4.69, 9.17) is 4.74 Å². The standard InChI is InChI=1S/C23H21NO3S/c25-22(16-27-23(26)17-28-20-12-5-2-6-13-20)24-21-14-8-7-11-19(21)15-18-9-3-1-4-10-18/h1-14H,15-17H2,(H,24,25). The van der Waals surface area contributed by atoms with Crippen LogP contribution in [0, 0.1) is 0 Å². The summed E-state index contributed by atoms with van der Waals surface area (Å²) in [5.41, 5.74) is 2.90. The molecule has 0 bridgehead atoms. The Balaban J connectivity index is 1.49. The van der Waals surface area contributed by atoms with Gasteiger partial charge in [0.25, 0.3) is 5.91 Å². The van der Waals surface area contributed by atoms with Crippen LogP contribution in [-0.4, -0.2) is 24.2 Å². The molecule has 5 heteroatoms. The molecule has 142 valence electrons. The molecule has 3 aromatic rings. The Labute approximate surface area is 168 Å². The molecule has 0 aromatic heterocycles. The third-order valence-electron chi connectivity index (χ3n) is 3.99. The summed E-state index contributed by atoms with van der Waals surface area (Å²) in [4.78, 5) is 25.0. The van der Waals surface area contributed by atoms with Gasteiger partial charge in [-0.25, -0.2) is 0 Å². The highest BCUT2D eigenvalue weighted by atomic mass is 32.2. The number of carbonyl (C=O) groups is 2. The van der Waals surface area contributed by atoms with Gasteiger partial charge in [0.15, 0.2) is 6.61 Å². The van der Waals surface area contributed by atoms with Crippen molar-refractivity contribution in [3.05, 3.63) is 96.1 Å². The molecule has 0 aliphatic heterocycles. The number of para-hydroxylation sites is 1. The highest BCUT2D eigenvalue weighted by Crippen LogP contribution is 2.19. The predicted molar refractivity (Wildman–Crippen MR) is 112 cm³/mol. The van der Waals surface area contributed by atoms with E-state index < -0.39 is 5.97 Å². The second-order valence-corrected chi connectivity index (χ2v) is 7.18. The molecule has 0 fully saturated rings. The van der Waals surface area contributed by atoms with E-state index in [9.17, 15) is 9.59 Å². The van der Waals surface area contributed by atoms with Gasteiger partial charge in [0, 0.05) is 10.6 Å². The maximum Gasteiger partial charge on any atom is 0.316 e. The molecule has 0 saturated heterocycles. The molecule has 1 amide bonds. The molecule has 0 unspecified atom stereocenters. The van der Waals surface area contributed by atoms with Crippen molar-refractivity contribution in [1.29, 1.82) is 0 Å². The molecule has 3 aromatic carbocycles. The van der Waals surface area contributed by atoms with Gasteiger partial charge in [0.1, 0.15) is 0 Å². The number of benzene rings is 3. The summed E-state index contributed by atoms with van der Waals surface area (Å²) in [6.07, 6.45) is 0.713. The maximum absolute atomic E-state index is 12.2. The number of nitrogens with one attached hydrogen (secondary N) is 1. The summed E-state index contributed by atoms with van der Waals surface area (Å²) in [5.74, 6) is -0.595. The van der Waals surface area contributed by atoms with Crippen LogP contribution < -0.4 is 5.32 Å². The molecule has 0 atom stereocenters. The Morgan fingerprint density at radius 2 is 1.46 bits per heavy atom. The number of anilines is 1. The SMILES string of the molecule is O=C(COC(=O)CSc1ccccc1)Nc1ccccc1Cc1ccccc1. The van der Waals surface area contributed by atoms with Gasteiger partial charge in [0.05, 0.1) is 5.75 Å². The van der Waals surface area contributed by atoms with Gasteiger partial charge < -0.3 is 10.1 Å². The first-order chi connectivity index (χ1) is 13.7. The molecule has 4 nitrogen and oxygen atoms in total. The van der Waals surface area contributed by atoms with Gasteiger partial charge in [-0.15, -0.1) is 11.8 Å². The molecule has 0 saturated carbocycles. The highest BCUT2D eigenvalue weighted by Gasteiger charge is 2.11. The summed E-state index contributed by atoms with van der Waals surface area (Å²) < 4.78 is 5.08. The second-order valence-electron chi connectivity index (χ2n) is 6.13. The minimum absolute atomic E-state index is 0.169. The summed E-state index contributed by atoms with van der Waals surface area (Å²) in [7, 11) is 0.